The van der Waals surface area contributed by atoms with E-state index in [9.17, 15) is 14.7 Å². The van der Waals surface area contributed by atoms with Crippen LogP contribution in [0.4, 0.5) is 15.6 Å². The van der Waals surface area contributed by atoms with E-state index in [0.29, 0.717) is 28.7 Å². The summed E-state index contributed by atoms with van der Waals surface area (Å²) in [6.07, 6.45) is 4.51. The third-order valence-corrected chi connectivity index (χ3v) is 5.65. The molecule has 3 rings (SSSR count). The Balaban J connectivity index is 1.77. The molecule has 0 saturated heterocycles. The topological polar surface area (TPSA) is 132 Å². The molecule has 1 heterocycles. The van der Waals surface area contributed by atoms with Crippen LogP contribution < -0.4 is 21.1 Å². The number of anilines is 2. The highest BCUT2D eigenvalue weighted by Gasteiger charge is 2.20. The van der Waals surface area contributed by atoms with E-state index in [1.807, 2.05) is 0 Å². The fourth-order valence-electron chi connectivity index (χ4n) is 3.13. The van der Waals surface area contributed by atoms with Crippen molar-refractivity contribution in [3.05, 3.63) is 53.4 Å². The van der Waals surface area contributed by atoms with E-state index in [2.05, 4.69) is 11.9 Å². The molecule has 0 radical (unpaired) electrons. The van der Waals surface area contributed by atoms with E-state index in [4.69, 9.17) is 16.2 Å². The lowest BCUT2D eigenvalue weighted by atomic mass is 10.1. The number of phenols is 1. The normalized spacial score (nSPS) is 10.7. The standard InChI is InChI=1S/C23H26N4O4S/c1-2-3-4-5-12-31-17-9-7-16(8-10-17)27(22(25)30)23-26-19(14-32-23)15-6-11-20(28)18(13-15)21(24)29/h6-11,13-14,28H,2-5,12H2,1H3,(H2,24,29)(H2,25,30). The maximum atomic E-state index is 12.2. The summed E-state index contributed by atoms with van der Waals surface area (Å²) in [5, 5.41) is 11.9. The number of primary amides is 2. The molecule has 0 aliphatic rings. The zero-order valence-electron chi connectivity index (χ0n) is 17.8. The molecular formula is C23H26N4O4S. The quantitative estimate of drug-likeness (QED) is 0.379. The van der Waals surface area contributed by atoms with Gasteiger partial charge in [-0.2, -0.15) is 0 Å². The molecule has 5 N–H and O–H groups in total. The molecule has 0 aliphatic heterocycles. The lowest BCUT2D eigenvalue weighted by molar-refractivity contribution is 0.0997. The van der Waals surface area contributed by atoms with Crippen molar-refractivity contribution in [2.24, 2.45) is 11.5 Å². The van der Waals surface area contributed by atoms with Crippen molar-refractivity contribution in [1.29, 1.82) is 0 Å². The van der Waals surface area contributed by atoms with Crippen molar-refractivity contribution in [2.75, 3.05) is 11.5 Å². The Labute approximate surface area is 190 Å². The maximum absolute atomic E-state index is 12.2. The number of hydrogen-bond acceptors (Lipinski definition) is 6. The molecule has 32 heavy (non-hydrogen) atoms. The number of amides is 3. The fourth-order valence-corrected chi connectivity index (χ4v) is 3.99. The summed E-state index contributed by atoms with van der Waals surface area (Å²) in [6.45, 7) is 2.81. The molecule has 9 heteroatoms. The molecule has 0 aliphatic carbocycles. The van der Waals surface area contributed by atoms with Gasteiger partial charge in [0.15, 0.2) is 5.13 Å². The zero-order chi connectivity index (χ0) is 23.1. The van der Waals surface area contributed by atoms with E-state index in [1.54, 1.807) is 35.7 Å². The lowest BCUT2D eigenvalue weighted by Crippen LogP contribution is -2.31. The second-order valence-electron chi connectivity index (χ2n) is 7.19. The molecule has 1 aromatic heterocycles. The Kier molecular flexibility index (Phi) is 7.67. The second kappa shape index (κ2) is 10.6. The number of hydrogen-bond donors (Lipinski definition) is 3. The molecule has 0 saturated carbocycles. The van der Waals surface area contributed by atoms with E-state index in [0.717, 1.165) is 18.6 Å². The highest BCUT2D eigenvalue weighted by atomic mass is 32.1. The average molecular weight is 455 g/mol. The minimum atomic E-state index is -0.744. The van der Waals surface area contributed by atoms with E-state index < -0.39 is 11.9 Å². The highest BCUT2D eigenvalue weighted by molar-refractivity contribution is 7.14. The van der Waals surface area contributed by atoms with E-state index in [1.165, 1.54) is 41.2 Å². The first-order valence-corrected chi connectivity index (χ1v) is 11.2. The van der Waals surface area contributed by atoms with Crippen molar-refractivity contribution in [3.63, 3.8) is 0 Å². The lowest BCUT2D eigenvalue weighted by Gasteiger charge is -2.17. The molecule has 0 atom stereocenters. The Hall–Kier alpha value is -3.59. The Bertz CT molecular complexity index is 1080. The molecule has 8 nitrogen and oxygen atoms in total. The van der Waals surface area contributed by atoms with Gasteiger partial charge in [0.1, 0.15) is 11.5 Å². The van der Waals surface area contributed by atoms with Gasteiger partial charge >= 0.3 is 6.03 Å². The number of carbonyl (C=O) groups excluding carboxylic acids is 2. The smallest absolute Gasteiger partial charge is 0.325 e. The number of rotatable bonds is 10. The van der Waals surface area contributed by atoms with Gasteiger partial charge in [-0.3, -0.25) is 4.79 Å². The van der Waals surface area contributed by atoms with Gasteiger partial charge in [0.05, 0.1) is 23.6 Å². The molecule has 3 aromatic rings. The number of nitrogens with two attached hydrogens (primary N) is 2. The van der Waals surface area contributed by atoms with Crippen LogP contribution in [0, 0.1) is 0 Å². The summed E-state index contributed by atoms with van der Waals surface area (Å²) in [5.74, 6) is -0.230. The predicted octanol–water partition coefficient (Wildman–Crippen LogP) is 4.79. The highest BCUT2D eigenvalue weighted by Crippen LogP contribution is 2.34. The first-order valence-electron chi connectivity index (χ1n) is 10.3. The first-order chi connectivity index (χ1) is 15.4. The van der Waals surface area contributed by atoms with Crippen molar-refractivity contribution < 1.29 is 19.4 Å². The molecule has 0 spiro atoms. The maximum Gasteiger partial charge on any atom is 0.325 e. The number of aromatic hydroxyl groups is 1. The second-order valence-corrected chi connectivity index (χ2v) is 8.02. The van der Waals surface area contributed by atoms with Crippen molar-refractivity contribution in [3.8, 4) is 22.8 Å². The third kappa shape index (κ3) is 5.55. The minimum Gasteiger partial charge on any atom is -0.507 e. The first kappa shape index (κ1) is 23.1. The Morgan fingerprint density at radius 2 is 1.84 bits per heavy atom. The van der Waals surface area contributed by atoms with Gasteiger partial charge in [0.2, 0.25) is 0 Å². The number of nitrogens with zero attached hydrogens (tertiary/aromatic N) is 2. The van der Waals surface area contributed by atoms with Crippen LogP contribution in [-0.4, -0.2) is 28.6 Å². The summed E-state index contributed by atoms with van der Waals surface area (Å²) in [6, 6.07) is 10.8. The van der Waals surface area contributed by atoms with Gasteiger partial charge < -0.3 is 21.3 Å². The van der Waals surface area contributed by atoms with E-state index >= 15 is 0 Å². The monoisotopic (exact) mass is 454 g/mol. The average Bonchev–Trinajstić information content (AvgIpc) is 3.24. The molecule has 0 unspecified atom stereocenters. The van der Waals surface area contributed by atoms with Crippen LogP contribution in [0.2, 0.25) is 0 Å². The molecule has 3 amide bonds. The number of benzene rings is 2. The number of aromatic nitrogens is 1. The predicted molar refractivity (Wildman–Crippen MR) is 126 cm³/mol. The molecule has 0 bridgehead atoms. The summed E-state index contributed by atoms with van der Waals surface area (Å²) in [4.78, 5) is 29.5. The van der Waals surface area contributed by atoms with Crippen LogP contribution in [-0.2, 0) is 0 Å². The SMILES string of the molecule is CCCCCCOc1ccc(N(C(N)=O)c2nc(-c3ccc(O)c(C(N)=O)c3)cs2)cc1. The Morgan fingerprint density at radius 1 is 1.09 bits per heavy atom. The van der Waals surface area contributed by atoms with Crippen LogP contribution in [0.25, 0.3) is 11.3 Å². The minimum absolute atomic E-state index is 0.00547. The van der Waals surface area contributed by atoms with Gasteiger partial charge in [-0.05, 0) is 48.9 Å². The van der Waals surface area contributed by atoms with Crippen LogP contribution in [0.1, 0.15) is 43.0 Å². The van der Waals surface area contributed by atoms with Crippen LogP contribution in [0.5, 0.6) is 11.5 Å². The van der Waals surface area contributed by atoms with Crippen LogP contribution in [0.15, 0.2) is 47.8 Å². The number of carbonyl (C=O) groups is 2. The molecular weight excluding hydrogens is 428 g/mol. The number of thiazole rings is 1. The van der Waals surface area contributed by atoms with Gasteiger partial charge in [-0.15, -0.1) is 11.3 Å². The van der Waals surface area contributed by atoms with Crippen molar-refractivity contribution in [2.45, 2.75) is 32.6 Å². The zero-order valence-corrected chi connectivity index (χ0v) is 18.6. The van der Waals surface area contributed by atoms with Gasteiger partial charge in [-0.25, -0.2) is 14.7 Å². The third-order valence-electron chi connectivity index (χ3n) is 4.82. The van der Waals surface area contributed by atoms with Gasteiger partial charge in [0.25, 0.3) is 5.91 Å². The fraction of sp³-hybridized carbons (Fsp3) is 0.261. The summed E-state index contributed by atoms with van der Waals surface area (Å²) >= 11 is 1.22. The van der Waals surface area contributed by atoms with Crippen LogP contribution >= 0.6 is 11.3 Å². The number of ether oxygens (including phenoxy) is 1. The van der Waals surface area contributed by atoms with E-state index in [-0.39, 0.29) is 11.3 Å². The van der Waals surface area contributed by atoms with Crippen molar-refractivity contribution >= 4 is 34.1 Å². The largest absolute Gasteiger partial charge is 0.507 e. The summed E-state index contributed by atoms with van der Waals surface area (Å²) in [5.41, 5.74) is 12.6. The van der Waals surface area contributed by atoms with Crippen LogP contribution in [0.3, 0.4) is 0 Å². The number of unbranched alkanes of at least 4 members (excludes halogenated alkanes) is 3. The Morgan fingerprint density at radius 3 is 2.50 bits per heavy atom. The summed E-state index contributed by atoms with van der Waals surface area (Å²) < 4.78 is 5.75. The molecule has 0 fully saturated rings. The summed E-state index contributed by atoms with van der Waals surface area (Å²) in [7, 11) is 0. The molecule has 2 aromatic carbocycles. The van der Waals surface area contributed by atoms with Gasteiger partial charge in [0, 0.05) is 10.9 Å². The van der Waals surface area contributed by atoms with Crippen molar-refractivity contribution in [1.82, 2.24) is 4.98 Å². The van der Waals surface area contributed by atoms with Gasteiger partial charge in [-0.1, -0.05) is 26.2 Å². The number of urea groups is 1. The molecule has 168 valence electrons.